The van der Waals surface area contributed by atoms with Gasteiger partial charge in [0.15, 0.2) is 5.78 Å². The van der Waals surface area contributed by atoms with E-state index < -0.39 is 4.75 Å². The van der Waals surface area contributed by atoms with Crippen LogP contribution in [0.3, 0.4) is 0 Å². The van der Waals surface area contributed by atoms with Gasteiger partial charge in [0.1, 0.15) is 5.78 Å². The summed E-state index contributed by atoms with van der Waals surface area (Å²) < 4.78 is -0.472. The third-order valence-electron chi connectivity index (χ3n) is 2.43. The Morgan fingerprint density at radius 3 is 1.73 bits per heavy atom. The summed E-state index contributed by atoms with van der Waals surface area (Å²) in [7, 11) is 0. The summed E-state index contributed by atoms with van der Waals surface area (Å²) in [5.74, 6) is 0.308. The molecule has 0 fully saturated rings. The quantitative estimate of drug-likeness (QED) is 0.744. The second-order valence-corrected chi connectivity index (χ2v) is 7.40. The highest BCUT2D eigenvalue weighted by Crippen LogP contribution is 2.33. The first-order valence-electron chi connectivity index (χ1n) is 5.21. The molecule has 0 aromatic carbocycles. The van der Waals surface area contributed by atoms with Gasteiger partial charge in [-0.25, -0.2) is 0 Å². The van der Waals surface area contributed by atoms with Gasteiger partial charge >= 0.3 is 0 Å². The summed E-state index contributed by atoms with van der Waals surface area (Å²) >= 11 is 1.45. The van der Waals surface area contributed by atoms with E-state index in [2.05, 4.69) is 0 Å². The molecule has 0 amide bonds. The van der Waals surface area contributed by atoms with E-state index in [0.29, 0.717) is 0 Å². The van der Waals surface area contributed by atoms with Gasteiger partial charge in [0.25, 0.3) is 0 Å². The summed E-state index contributed by atoms with van der Waals surface area (Å²) in [4.78, 5) is 23.3. The molecule has 0 saturated carbocycles. The van der Waals surface area contributed by atoms with Crippen LogP contribution in [-0.4, -0.2) is 21.6 Å². The van der Waals surface area contributed by atoms with Gasteiger partial charge in [-0.3, -0.25) is 9.59 Å². The molecule has 0 aromatic heterocycles. The van der Waals surface area contributed by atoms with Crippen molar-refractivity contribution in [2.75, 3.05) is 0 Å². The van der Waals surface area contributed by atoms with E-state index in [1.165, 1.54) is 11.8 Å². The molecule has 0 saturated heterocycles. The number of carbonyl (C=O) groups is 2. The normalized spacial score (nSPS) is 14.9. The molecule has 0 aromatic rings. The van der Waals surface area contributed by atoms with Crippen LogP contribution in [0.5, 0.6) is 0 Å². The molecule has 0 aliphatic heterocycles. The van der Waals surface area contributed by atoms with Crippen molar-refractivity contribution in [2.24, 2.45) is 5.41 Å². The van der Waals surface area contributed by atoms with Gasteiger partial charge in [0.05, 0.1) is 10.00 Å². The molecule has 0 heterocycles. The Morgan fingerprint density at radius 1 is 1.07 bits per heavy atom. The van der Waals surface area contributed by atoms with Crippen molar-refractivity contribution in [3.05, 3.63) is 0 Å². The zero-order valence-electron chi connectivity index (χ0n) is 10.8. The van der Waals surface area contributed by atoms with Crippen molar-refractivity contribution in [1.82, 2.24) is 0 Å². The van der Waals surface area contributed by atoms with Gasteiger partial charge in [-0.15, -0.1) is 11.8 Å². The van der Waals surface area contributed by atoms with Crippen LogP contribution in [-0.2, 0) is 9.59 Å². The predicted molar refractivity (Wildman–Crippen MR) is 66.3 cm³/mol. The lowest BCUT2D eigenvalue weighted by molar-refractivity contribution is -0.125. The second kappa shape index (κ2) is 4.69. The monoisotopic (exact) mass is 230 g/mol. The topological polar surface area (TPSA) is 34.1 Å². The molecule has 0 radical (unpaired) electrons. The fourth-order valence-electron chi connectivity index (χ4n) is 1.19. The minimum atomic E-state index is -0.472. The number of carbonyl (C=O) groups excluding carboxylic acids is 2. The number of hydrogen-bond donors (Lipinski definition) is 0. The van der Waals surface area contributed by atoms with E-state index in [1.807, 2.05) is 41.5 Å². The number of rotatable bonds is 4. The van der Waals surface area contributed by atoms with Crippen LogP contribution in [0.1, 0.15) is 48.5 Å². The van der Waals surface area contributed by atoms with Gasteiger partial charge in [-0.2, -0.15) is 0 Å². The fraction of sp³-hybridized carbons (Fsp3) is 0.833. The van der Waals surface area contributed by atoms with Crippen LogP contribution in [0.15, 0.2) is 0 Å². The number of ketones is 2. The molecule has 0 N–H and O–H groups in total. The van der Waals surface area contributed by atoms with E-state index in [-0.39, 0.29) is 22.2 Å². The summed E-state index contributed by atoms with van der Waals surface area (Å²) in [6, 6.07) is 0. The Hall–Kier alpha value is -0.310. The summed E-state index contributed by atoms with van der Waals surface area (Å²) in [6.07, 6.45) is 0. The zero-order chi connectivity index (χ0) is 12.4. The van der Waals surface area contributed by atoms with Crippen LogP contribution in [0.25, 0.3) is 0 Å². The molecule has 0 aliphatic rings. The molecular weight excluding hydrogens is 208 g/mol. The van der Waals surface area contributed by atoms with Crippen molar-refractivity contribution < 1.29 is 9.59 Å². The molecule has 15 heavy (non-hydrogen) atoms. The molecule has 0 spiro atoms. The Morgan fingerprint density at radius 2 is 1.47 bits per heavy atom. The molecule has 3 heteroatoms. The van der Waals surface area contributed by atoms with Crippen molar-refractivity contribution in [1.29, 1.82) is 0 Å². The number of Topliss-reactive ketones (excluding diaryl/α,β-unsaturated/α-hetero) is 2. The van der Waals surface area contributed by atoms with Crippen LogP contribution < -0.4 is 0 Å². The zero-order valence-corrected chi connectivity index (χ0v) is 11.6. The molecule has 0 rings (SSSR count). The third-order valence-corrected chi connectivity index (χ3v) is 3.87. The third kappa shape index (κ3) is 4.37. The van der Waals surface area contributed by atoms with Crippen LogP contribution in [0.4, 0.5) is 0 Å². The lowest BCUT2D eigenvalue weighted by Gasteiger charge is -2.28. The van der Waals surface area contributed by atoms with Gasteiger partial charge in [0.2, 0.25) is 0 Å². The maximum atomic E-state index is 11.9. The average molecular weight is 230 g/mol. The van der Waals surface area contributed by atoms with Crippen LogP contribution >= 0.6 is 11.8 Å². The minimum absolute atomic E-state index is 0.112. The molecule has 1 unspecified atom stereocenters. The van der Waals surface area contributed by atoms with Gasteiger partial charge < -0.3 is 0 Å². The lowest BCUT2D eigenvalue weighted by atomic mass is 9.89. The largest absolute Gasteiger partial charge is 0.298 e. The maximum absolute atomic E-state index is 11.9. The number of thioether (sulfide) groups is 1. The summed E-state index contributed by atoms with van der Waals surface area (Å²) in [6.45, 7) is 12.9. The van der Waals surface area contributed by atoms with E-state index in [4.69, 9.17) is 0 Å². The standard InChI is InChI=1S/C12H22O2S/c1-8(10(14)11(3,4)5)15-12(6,7)9(2)13/h8H,1-7H3. The number of hydrogen-bond acceptors (Lipinski definition) is 3. The molecule has 0 aliphatic carbocycles. The SMILES string of the molecule is CC(=O)C(C)(C)SC(C)C(=O)C(C)(C)C. The van der Waals surface area contributed by atoms with E-state index in [9.17, 15) is 9.59 Å². The Kier molecular flexibility index (Phi) is 4.59. The second-order valence-electron chi connectivity index (χ2n) is 5.44. The van der Waals surface area contributed by atoms with Crippen molar-refractivity contribution in [3.8, 4) is 0 Å². The predicted octanol–water partition coefficient (Wildman–Crippen LogP) is 3.09. The molecular formula is C12H22O2S. The van der Waals surface area contributed by atoms with Crippen LogP contribution in [0.2, 0.25) is 0 Å². The Bertz CT molecular complexity index is 261. The first-order chi connectivity index (χ1) is 6.48. The van der Waals surface area contributed by atoms with Crippen molar-refractivity contribution >= 4 is 23.3 Å². The molecule has 0 bridgehead atoms. The summed E-state index contributed by atoms with van der Waals surface area (Å²) in [5.41, 5.74) is -0.334. The molecule has 2 nitrogen and oxygen atoms in total. The van der Waals surface area contributed by atoms with Gasteiger partial charge in [0, 0.05) is 5.41 Å². The Balaban J connectivity index is 4.58. The van der Waals surface area contributed by atoms with Gasteiger partial charge in [-0.1, -0.05) is 20.8 Å². The first-order valence-corrected chi connectivity index (χ1v) is 6.09. The fourth-order valence-corrected chi connectivity index (χ4v) is 2.70. The summed E-state index contributed by atoms with van der Waals surface area (Å²) in [5, 5.41) is -0.135. The van der Waals surface area contributed by atoms with E-state index >= 15 is 0 Å². The van der Waals surface area contributed by atoms with Crippen LogP contribution in [0, 0.1) is 5.41 Å². The first kappa shape index (κ1) is 14.7. The molecule has 1 atom stereocenters. The highest BCUT2D eigenvalue weighted by molar-refractivity contribution is 8.02. The maximum Gasteiger partial charge on any atom is 0.150 e. The Labute approximate surface area is 97.2 Å². The van der Waals surface area contributed by atoms with Crippen molar-refractivity contribution in [2.45, 2.75) is 58.5 Å². The van der Waals surface area contributed by atoms with Gasteiger partial charge in [-0.05, 0) is 27.7 Å². The van der Waals surface area contributed by atoms with E-state index in [0.717, 1.165) is 0 Å². The highest BCUT2D eigenvalue weighted by atomic mass is 32.2. The highest BCUT2D eigenvalue weighted by Gasteiger charge is 2.33. The lowest BCUT2D eigenvalue weighted by Crippen LogP contribution is -2.34. The van der Waals surface area contributed by atoms with Crippen molar-refractivity contribution in [3.63, 3.8) is 0 Å². The average Bonchev–Trinajstić information content (AvgIpc) is 2.00. The van der Waals surface area contributed by atoms with E-state index in [1.54, 1.807) is 6.92 Å². The smallest absolute Gasteiger partial charge is 0.150 e. The minimum Gasteiger partial charge on any atom is -0.298 e. The molecule has 88 valence electrons.